The topological polar surface area (TPSA) is 64.6 Å². The maximum Gasteiger partial charge on any atom is 0.225 e. The van der Waals surface area contributed by atoms with Crippen molar-refractivity contribution in [2.75, 3.05) is 13.7 Å². The smallest absolute Gasteiger partial charge is 0.225 e. The molecule has 2 atom stereocenters. The lowest BCUT2D eigenvalue weighted by molar-refractivity contribution is -0.122. The molecular weight excluding hydrogens is 390 g/mol. The van der Waals surface area contributed by atoms with Gasteiger partial charge in [0, 0.05) is 35.6 Å². The molecule has 1 heterocycles. The molecule has 1 aliphatic carbocycles. The molecule has 0 bridgehead atoms. The minimum Gasteiger partial charge on any atom is -0.496 e. The number of nitrogens with one attached hydrogen (secondary N) is 1. The van der Waals surface area contributed by atoms with Crippen molar-refractivity contribution in [3.8, 4) is 11.5 Å². The molecule has 2 aliphatic rings. The number of carbonyl (C=O) groups is 2. The first-order valence-corrected chi connectivity index (χ1v) is 10.9. The van der Waals surface area contributed by atoms with Crippen molar-refractivity contribution >= 4 is 11.7 Å². The van der Waals surface area contributed by atoms with E-state index in [0.29, 0.717) is 31.1 Å². The monoisotopic (exact) mass is 419 g/mol. The van der Waals surface area contributed by atoms with E-state index in [1.165, 1.54) is 0 Å². The molecule has 0 saturated carbocycles. The lowest BCUT2D eigenvalue weighted by Crippen LogP contribution is -2.38. The van der Waals surface area contributed by atoms with Gasteiger partial charge in [0.1, 0.15) is 11.5 Å². The lowest BCUT2D eigenvalue weighted by atomic mass is 9.73. The summed E-state index contributed by atoms with van der Waals surface area (Å²) in [7, 11) is 1.62. The highest BCUT2D eigenvalue weighted by atomic mass is 16.5. The van der Waals surface area contributed by atoms with E-state index < -0.39 is 0 Å². The van der Waals surface area contributed by atoms with Gasteiger partial charge in [0.25, 0.3) is 0 Å². The Hall–Kier alpha value is -3.08. The van der Waals surface area contributed by atoms with Crippen molar-refractivity contribution in [2.45, 2.75) is 44.9 Å². The van der Waals surface area contributed by atoms with Crippen LogP contribution in [0.3, 0.4) is 0 Å². The minimum absolute atomic E-state index is 0.0436. The van der Waals surface area contributed by atoms with Crippen LogP contribution in [0.25, 0.3) is 0 Å². The number of hydrogen-bond acceptors (Lipinski definition) is 4. The zero-order chi connectivity index (χ0) is 22.0. The van der Waals surface area contributed by atoms with Crippen LogP contribution in [0.2, 0.25) is 0 Å². The highest BCUT2D eigenvalue weighted by Gasteiger charge is 2.39. The predicted octanol–water partition coefficient (Wildman–Crippen LogP) is 4.73. The first-order valence-electron chi connectivity index (χ1n) is 10.9. The Labute approximate surface area is 183 Å². The van der Waals surface area contributed by atoms with Crippen molar-refractivity contribution in [2.24, 2.45) is 5.92 Å². The molecule has 2 aromatic rings. The summed E-state index contributed by atoms with van der Waals surface area (Å²) >= 11 is 0. The van der Waals surface area contributed by atoms with E-state index >= 15 is 0 Å². The maximum absolute atomic E-state index is 13.3. The molecule has 5 heteroatoms. The summed E-state index contributed by atoms with van der Waals surface area (Å²) in [6, 6.07) is 15.6. The van der Waals surface area contributed by atoms with Crippen LogP contribution in [0.15, 0.2) is 59.8 Å². The molecule has 0 fully saturated rings. The average Bonchev–Trinajstić information content (AvgIpc) is 2.77. The number of Topliss-reactive ketones (excluding diaryl/α,β-unsaturated/α-hetero) is 1. The number of ketones is 1. The van der Waals surface area contributed by atoms with Crippen molar-refractivity contribution in [1.29, 1.82) is 0 Å². The SMILES string of the molecule is COc1ccccc1C1CC(=O)NC2=C1C(=O)CC(c1ccc(OCC(C)C)cc1)C2. The fraction of sp³-hybridized carbons (Fsp3) is 0.385. The van der Waals surface area contributed by atoms with Crippen LogP contribution in [0.5, 0.6) is 11.5 Å². The maximum atomic E-state index is 13.3. The molecule has 5 nitrogen and oxygen atoms in total. The van der Waals surface area contributed by atoms with Crippen LogP contribution in [-0.4, -0.2) is 25.4 Å². The summed E-state index contributed by atoms with van der Waals surface area (Å²) in [5, 5.41) is 2.98. The molecule has 0 aromatic heterocycles. The quantitative estimate of drug-likeness (QED) is 0.735. The molecule has 0 radical (unpaired) electrons. The molecule has 1 N–H and O–H groups in total. The molecule has 4 rings (SSSR count). The third-order valence-electron chi connectivity index (χ3n) is 5.99. The van der Waals surface area contributed by atoms with Crippen LogP contribution in [0, 0.1) is 5.92 Å². The van der Waals surface area contributed by atoms with Gasteiger partial charge in [0.2, 0.25) is 5.91 Å². The van der Waals surface area contributed by atoms with Crippen molar-refractivity contribution < 1.29 is 19.1 Å². The van der Waals surface area contributed by atoms with Crippen molar-refractivity contribution in [3.63, 3.8) is 0 Å². The molecule has 2 aromatic carbocycles. The van der Waals surface area contributed by atoms with Crippen molar-refractivity contribution in [3.05, 3.63) is 70.9 Å². The van der Waals surface area contributed by atoms with Gasteiger partial charge in [-0.15, -0.1) is 0 Å². The fourth-order valence-electron chi connectivity index (χ4n) is 4.51. The Kier molecular flexibility index (Phi) is 6.12. The van der Waals surface area contributed by atoms with Gasteiger partial charge in [-0.3, -0.25) is 9.59 Å². The first-order chi connectivity index (χ1) is 15.0. The largest absolute Gasteiger partial charge is 0.496 e. The van der Waals surface area contributed by atoms with Gasteiger partial charge in [0.15, 0.2) is 5.78 Å². The molecule has 162 valence electrons. The standard InChI is InChI=1S/C26H29NO4/c1-16(2)15-31-19-10-8-17(9-11-19)18-12-22-26(23(28)13-18)21(14-25(29)27-22)20-6-4-5-7-24(20)30-3/h4-11,16,18,21H,12-15H2,1-3H3,(H,27,29). The van der Waals surface area contributed by atoms with Crippen LogP contribution in [0.1, 0.15) is 56.1 Å². The highest BCUT2D eigenvalue weighted by molar-refractivity contribution is 6.02. The second-order valence-corrected chi connectivity index (χ2v) is 8.74. The van der Waals surface area contributed by atoms with Crippen LogP contribution in [-0.2, 0) is 9.59 Å². The van der Waals surface area contributed by atoms with Crippen LogP contribution >= 0.6 is 0 Å². The summed E-state index contributed by atoms with van der Waals surface area (Å²) in [5.74, 6) is 1.83. The number of benzene rings is 2. The third kappa shape index (κ3) is 4.50. The van der Waals surface area contributed by atoms with Gasteiger partial charge in [-0.25, -0.2) is 0 Å². The zero-order valence-corrected chi connectivity index (χ0v) is 18.3. The molecule has 0 spiro atoms. The molecular formula is C26H29NO4. The van der Waals surface area contributed by atoms with Crippen molar-refractivity contribution in [1.82, 2.24) is 5.32 Å². The van der Waals surface area contributed by atoms with Gasteiger partial charge < -0.3 is 14.8 Å². The number of carbonyl (C=O) groups excluding carboxylic acids is 2. The summed E-state index contributed by atoms with van der Waals surface area (Å²) in [4.78, 5) is 25.8. The number of methoxy groups -OCH3 is 1. The van der Waals surface area contributed by atoms with Gasteiger partial charge in [-0.1, -0.05) is 44.2 Å². The number of ether oxygens (including phenoxy) is 2. The highest BCUT2D eigenvalue weighted by Crippen LogP contribution is 2.44. The van der Waals surface area contributed by atoms with Crippen LogP contribution < -0.4 is 14.8 Å². The first kappa shape index (κ1) is 21.2. The van der Waals surface area contributed by atoms with Gasteiger partial charge in [-0.2, -0.15) is 0 Å². The number of para-hydroxylation sites is 1. The zero-order valence-electron chi connectivity index (χ0n) is 18.3. The number of rotatable bonds is 6. The summed E-state index contributed by atoms with van der Waals surface area (Å²) in [6.07, 6.45) is 1.34. The number of amides is 1. The van der Waals surface area contributed by atoms with Crippen LogP contribution in [0.4, 0.5) is 0 Å². The van der Waals surface area contributed by atoms with Gasteiger partial charge in [-0.05, 0) is 42.0 Å². The fourth-order valence-corrected chi connectivity index (χ4v) is 4.51. The van der Waals surface area contributed by atoms with E-state index in [2.05, 4.69) is 19.2 Å². The van der Waals surface area contributed by atoms with E-state index in [9.17, 15) is 9.59 Å². The Morgan fingerprint density at radius 2 is 1.74 bits per heavy atom. The molecule has 1 aliphatic heterocycles. The lowest BCUT2D eigenvalue weighted by Gasteiger charge is -2.35. The third-order valence-corrected chi connectivity index (χ3v) is 5.99. The summed E-state index contributed by atoms with van der Waals surface area (Å²) in [6.45, 7) is 4.90. The minimum atomic E-state index is -0.264. The van der Waals surface area contributed by atoms with Gasteiger partial charge in [0.05, 0.1) is 13.7 Å². The Morgan fingerprint density at radius 1 is 1.00 bits per heavy atom. The summed E-state index contributed by atoms with van der Waals surface area (Å²) in [5.41, 5.74) is 3.47. The molecule has 1 amide bonds. The molecule has 31 heavy (non-hydrogen) atoms. The van der Waals surface area contributed by atoms with E-state index in [-0.39, 0.29) is 29.9 Å². The van der Waals surface area contributed by atoms with E-state index in [4.69, 9.17) is 9.47 Å². The number of hydrogen-bond donors (Lipinski definition) is 1. The average molecular weight is 420 g/mol. The Bertz CT molecular complexity index is 1010. The Morgan fingerprint density at radius 3 is 2.45 bits per heavy atom. The second kappa shape index (κ2) is 8.96. The molecule has 0 saturated heterocycles. The van der Waals surface area contributed by atoms with E-state index in [0.717, 1.165) is 28.1 Å². The van der Waals surface area contributed by atoms with Gasteiger partial charge >= 0.3 is 0 Å². The second-order valence-electron chi connectivity index (χ2n) is 8.74. The van der Waals surface area contributed by atoms with E-state index in [1.54, 1.807) is 7.11 Å². The Balaban J connectivity index is 1.60. The summed E-state index contributed by atoms with van der Waals surface area (Å²) < 4.78 is 11.3. The number of allylic oxidation sites excluding steroid dienone is 2. The molecule has 2 unspecified atom stereocenters. The van der Waals surface area contributed by atoms with E-state index in [1.807, 2.05) is 48.5 Å². The normalized spacial score (nSPS) is 21.0. The predicted molar refractivity (Wildman–Crippen MR) is 119 cm³/mol.